The monoisotopic (exact) mass is 459 g/mol. The first kappa shape index (κ1) is 23.2. The van der Waals surface area contributed by atoms with Crippen LogP contribution in [0.1, 0.15) is 44.9 Å². The van der Waals surface area contributed by atoms with Gasteiger partial charge in [0.1, 0.15) is 0 Å². The van der Waals surface area contributed by atoms with Crippen LogP contribution in [0.25, 0.3) is 11.4 Å². The third kappa shape index (κ3) is 6.53. The molecule has 2 unspecified atom stereocenters. The summed E-state index contributed by atoms with van der Waals surface area (Å²) in [5, 5.41) is 7.89. The van der Waals surface area contributed by atoms with Crippen molar-refractivity contribution in [2.24, 2.45) is 11.8 Å². The first-order valence-corrected chi connectivity index (χ1v) is 12.3. The van der Waals surface area contributed by atoms with E-state index in [1.54, 1.807) is 0 Å². The normalized spacial score (nSPS) is 22.7. The average molecular weight is 460 g/mol. The van der Waals surface area contributed by atoms with Crippen molar-refractivity contribution in [1.82, 2.24) is 25.3 Å². The van der Waals surface area contributed by atoms with Crippen LogP contribution in [-0.2, 0) is 11.3 Å². The zero-order chi connectivity index (χ0) is 22.3. The molecule has 1 aromatic carbocycles. The second kappa shape index (κ2) is 11.3. The van der Waals surface area contributed by atoms with E-state index in [4.69, 9.17) is 16.1 Å². The van der Waals surface area contributed by atoms with Crippen LogP contribution in [0.15, 0.2) is 28.8 Å². The molecular weight excluding hydrogens is 426 g/mol. The van der Waals surface area contributed by atoms with Crippen molar-refractivity contribution in [3.63, 3.8) is 0 Å². The molecule has 0 bridgehead atoms. The predicted molar refractivity (Wildman–Crippen MR) is 125 cm³/mol. The van der Waals surface area contributed by atoms with E-state index in [1.807, 2.05) is 24.3 Å². The Labute approximate surface area is 195 Å². The Kier molecular flexibility index (Phi) is 8.16. The molecular formula is C24H34ClN5O2. The van der Waals surface area contributed by atoms with Gasteiger partial charge in [0, 0.05) is 30.2 Å². The zero-order valence-corrected chi connectivity index (χ0v) is 19.7. The fourth-order valence-electron chi connectivity index (χ4n) is 4.82. The zero-order valence-electron chi connectivity index (χ0n) is 18.9. The fourth-order valence-corrected chi connectivity index (χ4v) is 5.01. The second-order valence-electron chi connectivity index (χ2n) is 9.29. The maximum Gasteiger partial charge on any atom is 0.241 e. The van der Waals surface area contributed by atoms with Gasteiger partial charge in [-0.25, -0.2) is 0 Å². The number of nitrogens with zero attached hydrogens (tertiary/aromatic N) is 4. The highest BCUT2D eigenvalue weighted by atomic mass is 35.5. The van der Waals surface area contributed by atoms with Crippen molar-refractivity contribution in [3.8, 4) is 11.4 Å². The van der Waals surface area contributed by atoms with Crippen LogP contribution in [0.5, 0.6) is 0 Å². The van der Waals surface area contributed by atoms with Crippen molar-refractivity contribution in [2.45, 2.75) is 45.6 Å². The minimum absolute atomic E-state index is 0.0223. The number of likely N-dealkylation sites (tertiary alicyclic amines) is 2. The van der Waals surface area contributed by atoms with E-state index in [0.717, 1.165) is 56.9 Å². The minimum Gasteiger partial charge on any atom is -0.356 e. The van der Waals surface area contributed by atoms with E-state index in [2.05, 4.69) is 32.2 Å². The highest BCUT2D eigenvalue weighted by Gasteiger charge is 2.27. The number of carbonyl (C=O) groups is 1. The van der Waals surface area contributed by atoms with E-state index >= 15 is 0 Å². The van der Waals surface area contributed by atoms with Crippen molar-refractivity contribution < 1.29 is 9.32 Å². The highest BCUT2D eigenvalue weighted by molar-refractivity contribution is 6.30. The lowest BCUT2D eigenvalue weighted by Gasteiger charge is -2.31. The van der Waals surface area contributed by atoms with Crippen LogP contribution >= 0.6 is 11.6 Å². The molecule has 0 saturated carbocycles. The summed E-state index contributed by atoms with van der Waals surface area (Å²) >= 11 is 6.06. The molecule has 7 nitrogen and oxygen atoms in total. The summed E-state index contributed by atoms with van der Waals surface area (Å²) in [6.07, 6.45) is 5.59. The van der Waals surface area contributed by atoms with Gasteiger partial charge >= 0.3 is 0 Å². The lowest BCUT2D eigenvalue weighted by atomic mass is 9.97. The van der Waals surface area contributed by atoms with E-state index in [1.165, 1.54) is 25.9 Å². The van der Waals surface area contributed by atoms with E-state index < -0.39 is 0 Å². The molecule has 32 heavy (non-hydrogen) atoms. The smallest absolute Gasteiger partial charge is 0.241 e. The molecule has 8 heteroatoms. The van der Waals surface area contributed by atoms with Gasteiger partial charge in [0.05, 0.1) is 12.5 Å². The van der Waals surface area contributed by atoms with Gasteiger partial charge in [-0.3, -0.25) is 9.69 Å². The average Bonchev–Trinajstić information content (AvgIpc) is 3.25. The lowest BCUT2D eigenvalue weighted by Crippen LogP contribution is -2.43. The highest BCUT2D eigenvalue weighted by Crippen LogP contribution is 2.22. The van der Waals surface area contributed by atoms with Gasteiger partial charge in [0.15, 0.2) is 0 Å². The molecule has 2 aromatic rings. The standard InChI is InChI=1S/C24H34ClN5O2/c1-18-6-3-11-29(15-18)13-5-10-26-24(31)20-8-4-12-30(16-20)17-22-27-23(28-32-22)19-7-2-9-21(25)14-19/h2,7,9,14,18,20H,3-6,8,10-13,15-17H2,1H3,(H,26,31). The molecule has 2 aliphatic heterocycles. The molecule has 2 fully saturated rings. The van der Waals surface area contributed by atoms with Crippen LogP contribution in [0.3, 0.4) is 0 Å². The molecule has 1 amide bonds. The number of nitrogens with one attached hydrogen (secondary N) is 1. The van der Waals surface area contributed by atoms with Crippen LogP contribution in [0.2, 0.25) is 5.02 Å². The van der Waals surface area contributed by atoms with Crippen molar-refractivity contribution in [3.05, 3.63) is 35.2 Å². The quantitative estimate of drug-likeness (QED) is 0.604. The van der Waals surface area contributed by atoms with Crippen molar-refractivity contribution in [2.75, 3.05) is 39.3 Å². The molecule has 174 valence electrons. The number of aromatic nitrogens is 2. The number of halogens is 1. The molecule has 0 radical (unpaired) electrons. The van der Waals surface area contributed by atoms with Gasteiger partial charge in [-0.15, -0.1) is 0 Å². The topological polar surface area (TPSA) is 74.5 Å². The number of benzene rings is 1. The summed E-state index contributed by atoms with van der Waals surface area (Å²) in [5.74, 6) is 2.10. The summed E-state index contributed by atoms with van der Waals surface area (Å²) in [6, 6.07) is 7.42. The Morgan fingerprint density at radius 2 is 2.06 bits per heavy atom. The molecule has 2 saturated heterocycles. The van der Waals surface area contributed by atoms with Gasteiger partial charge in [-0.2, -0.15) is 4.98 Å². The SMILES string of the molecule is CC1CCCN(CCCNC(=O)C2CCCN(Cc3nc(-c4cccc(Cl)c4)no3)C2)C1. The predicted octanol–water partition coefficient (Wildman–Crippen LogP) is 3.84. The molecule has 2 atom stereocenters. The van der Waals surface area contributed by atoms with Crippen LogP contribution in [0.4, 0.5) is 0 Å². The Morgan fingerprint density at radius 1 is 1.22 bits per heavy atom. The van der Waals surface area contributed by atoms with E-state index in [9.17, 15) is 4.79 Å². The minimum atomic E-state index is 0.0223. The van der Waals surface area contributed by atoms with Crippen LogP contribution in [0, 0.1) is 11.8 Å². The summed E-state index contributed by atoms with van der Waals surface area (Å²) in [6.45, 7) is 8.78. The van der Waals surface area contributed by atoms with Crippen LogP contribution < -0.4 is 5.32 Å². The summed E-state index contributed by atoms with van der Waals surface area (Å²) in [7, 11) is 0. The Hall–Kier alpha value is -1.96. The fraction of sp³-hybridized carbons (Fsp3) is 0.625. The third-order valence-electron chi connectivity index (χ3n) is 6.48. The van der Waals surface area contributed by atoms with Crippen molar-refractivity contribution in [1.29, 1.82) is 0 Å². The van der Waals surface area contributed by atoms with Gasteiger partial charge in [-0.05, 0) is 69.8 Å². The molecule has 1 N–H and O–H groups in total. The maximum atomic E-state index is 12.7. The number of hydrogen-bond acceptors (Lipinski definition) is 6. The maximum absolute atomic E-state index is 12.7. The number of rotatable bonds is 8. The molecule has 0 spiro atoms. The Bertz CT molecular complexity index is 889. The molecule has 3 heterocycles. The van der Waals surface area contributed by atoms with Gasteiger partial charge in [-0.1, -0.05) is 35.8 Å². The van der Waals surface area contributed by atoms with E-state index in [-0.39, 0.29) is 11.8 Å². The second-order valence-corrected chi connectivity index (χ2v) is 9.73. The number of carbonyl (C=O) groups excluding carboxylic acids is 1. The van der Waals surface area contributed by atoms with Gasteiger partial charge in [0.25, 0.3) is 0 Å². The van der Waals surface area contributed by atoms with Crippen molar-refractivity contribution >= 4 is 17.5 Å². The largest absolute Gasteiger partial charge is 0.356 e. The number of piperidine rings is 2. The molecule has 0 aliphatic carbocycles. The Morgan fingerprint density at radius 3 is 2.91 bits per heavy atom. The molecule has 4 rings (SSSR count). The lowest BCUT2D eigenvalue weighted by molar-refractivity contribution is -0.126. The first-order valence-electron chi connectivity index (χ1n) is 11.9. The summed E-state index contributed by atoms with van der Waals surface area (Å²) in [4.78, 5) is 22.0. The summed E-state index contributed by atoms with van der Waals surface area (Å²) in [5.41, 5.74) is 0.836. The van der Waals surface area contributed by atoms with Crippen LogP contribution in [-0.4, -0.2) is 65.1 Å². The number of hydrogen-bond donors (Lipinski definition) is 1. The summed E-state index contributed by atoms with van der Waals surface area (Å²) < 4.78 is 5.45. The van der Waals surface area contributed by atoms with E-state index in [0.29, 0.717) is 23.3 Å². The first-order chi connectivity index (χ1) is 15.6. The van der Waals surface area contributed by atoms with Gasteiger partial charge in [0.2, 0.25) is 17.6 Å². The molecule has 2 aliphatic rings. The Balaban J connectivity index is 1.21. The number of amides is 1. The molecule has 1 aromatic heterocycles. The van der Waals surface area contributed by atoms with Gasteiger partial charge < -0.3 is 14.7 Å². The third-order valence-corrected chi connectivity index (χ3v) is 6.71.